The molecule has 1 amide bonds. The van der Waals surface area contributed by atoms with Gasteiger partial charge in [-0.15, -0.1) is 10.2 Å². The average molecular weight is 260 g/mol. The molecule has 2 N–H and O–H groups in total. The van der Waals surface area contributed by atoms with E-state index in [9.17, 15) is 9.18 Å². The monoisotopic (exact) mass is 260 g/mol. The van der Waals surface area contributed by atoms with Gasteiger partial charge in [0, 0.05) is 6.42 Å². The minimum absolute atomic E-state index is 0.135. The van der Waals surface area contributed by atoms with Gasteiger partial charge in [0.05, 0.1) is 5.69 Å². The van der Waals surface area contributed by atoms with Crippen molar-refractivity contribution in [3.8, 4) is 0 Å². The summed E-state index contributed by atoms with van der Waals surface area (Å²) in [5.41, 5.74) is 0.321. The lowest BCUT2D eigenvalue weighted by Gasteiger charge is -2.06. The SMILES string of the molecule is CCC(=O)Nc1ccc(Nc2ccccc2F)nn1. The number of rotatable bonds is 4. The Hall–Kier alpha value is -2.50. The van der Waals surface area contributed by atoms with E-state index in [4.69, 9.17) is 0 Å². The fourth-order valence-electron chi connectivity index (χ4n) is 1.40. The van der Waals surface area contributed by atoms with E-state index in [1.165, 1.54) is 6.07 Å². The molecule has 5 nitrogen and oxygen atoms in total. The fourth-order valence-corrected chi connectivity index (χ4v) is 1.40. The van der Waals surface area contributed by atoms with Crippen LogP contribution in [0, 0.1) is 5.82 Å². The lowest BCUT2D eigenvalue weighted by Crippen LogP contribution is -2.11. The number of carbonyl (C=O) groups is 1. The summed E-state index contributed by atoms with van der Waals surface area (Å²) in [7, 11) is 0. The molecule has 1 aromatic heterocycles. The zero-order chi connectivity index (χ0) is 13.7. The van der Waals surface area contributed by atoms with Crippen LogP contribution < -0.4 is 10.6 Å². The Balaban J connectivity index is 2.07. The number of hydrogen-bond acceptors (Lipinski definition) is 4. The van der Waals surface area contributed by atoms with Crippen molar-refractivity contribution in [2.75, 3.05) is 10.6 Å². The van der Waals surface area contributed by atoms with Crippen LogP contribution in [0.15, 0.2) is 36.4 Å². The summed E-state index contributed by atoms with van der Waals surface area (Å²) < 4.78 is 13.4. The van der Waals surface area contributed by atoms with Crippen molar-refractivity contribution in [1.82, 2.24) is 10.2 Å². The topological polar surface area (TPSA) is 66.9 Å². The van der Waals surface area contributed by atoms with Crippen LogP contribution in [0.3, 0.4) is 0 Å². The molecule has 0 unspecified atom stereocenters. The summed E-state index contributed by atoms with van der Waals surface area (Å²) in [5, 5.41) is 13.1. The summed E-state index contributed by atoms with van der Waals surface area (Å²) >= 11 is 0. The molecular weight excluding hydrogens is 247 g/mol. The Labute approximate surface area is 109 Å². The predicted octanol–water partition coefficient (Wildman–Crippen LogP) is 2.71. The van der Waals surface area contributed by atoms with Gasteiger partial charge in [0.1, 0.15) is 5.82 Å². The molecule has 0 saturated carbocycles. The van der Waals surface area contributed by atoms with Crippen LogP contribution in [-0.2, 0) is 4.79 Å². The summed E-state index contributed by atoms with van der Waals surface area (Å²) in [6.45, 7) is 1.75. The van der Waals surface area contributed by atoms with Gasteiger partial charge in [-0.2, -0.15) is 0 Å². The highest BCUT2D eigenvalue weighted by Gasteiger charge is 2.04. The summed E-state index contributed by atoms with van der Waals surface area (Å²) in [4.78, 5) is 11.2. The van der Waals surface area contributed by atoms with Crippen LogP contribution in [0.2, 0.25) is 0 Å². The Kier molecular flexibility index (Phi) is 4.02. The number of benzene rings is 1. The molecule has 19 heavy (non-hydrogen) atoms. The molecule has 0 saturated heterocycles. The maximum absolute atomic E-state index is 13.4. The molecule has 0 aliphatic rings. The summed E-state index contributed by atoms with van der Waals surface area (Å²) in [6.07, 6.45) is 0.372. The van der Waals surface area contributed by atoms with Crippen molar-refractivity contribution in [2.24, 2.45) is 0 Å². The predicted molar refractivity (Wildman–Crippen MR) is 70.6 cm³/mol. The van der Waals surface area contributed by atoms with E-state index in [1.54, 1.807) is 37.3 Å². The number of aromatic nitrogens is 2. The molecule has 0 atom stereocenters. The minimum atomic E-state index is -0.368. The molecule has 6 heteroatoms. The van der Waals surface area contributed by atoms with Gasteiger partial charge >= 0.3 is 0 Å². The van der Waals surface area contributed by atoms with Gasteiger partial charge in [0.15, 0.2) is 11.6 Å². The molecular formula is C13H13FN4O. The maximum atomic E-state index is 13.4. The summed E-state index contributed by atoms with van der Waals surface area (Å²) in [6, 6.07) is 9.49. The van der Waals surface area contributed by atoms with Gasteiger partial charge in [-0.25, -0.2) is 4.39 Å². The van der Waals surface area contributed by atoms with Crippen LogP contribution in [0.1, 0.15) is 13.3 Å². The third-order valence-corrected chi connectivity index (χ3v) is 2.39. The smallest absolute Gasteiger partial charge is 0.225 e. The average Bonchev–Trinajstić information content (AvgIpc) is 2.43. The van der Waals surface area contributed by atoms with E-state index < -0.39 is 0 Å². The number of anilines is 3. The van der Waals surface area contributed by atoms with E-state index in [2.05, 4.69) is 20.8 Å². The van der Waals surface area contributed by atoms with Crippen molar-refractivity contribution in [3.63, 3.8) is 0 Å². The molecule has 1 aromatic carbocycles. The highest BCUT2D eigenvalue weighted by molar-refractivity contribution is 5.89. The molecule has 2 aromatic rings. The second-order valence-electron chi connectivity index (χ2n) is 3.81. The first-order valence-corrected chi connectivity index (χ1v) is 5.84. The van der Waals surface area contributed by atoms with E-state index in [0.717, 1.165) is 0 Å². The molecule has 0 radical (unpaired) electrons. The normalized spacial score (nSPS) is 10.0. The number of carbonyl (C=O) groups excluding carboxylic acids is 1. The first-order valence-electron chi connectivity index (χ1n) is 5.84. The number of para-hydroxylation sites is 1. The van der Waals surface area contributed by atoms with Gasteiger partial charge < -0.3 is 10.6 Å². The van der Waals surface area contributed by atoms with Crippen LogP contribution in [0.25, 0.3) is 0 Å². The van der Waals surface area contributed by atoms with E-state index >= 15 is 0 Å². The van der Waals surface area contributed by atoms with Gasteiger partial charge in [-0.3, -0.25) is 4.79 Å². The van der Waals surface area contributed by atoms with Crippen LogP contribution >= 0.6 is 0 Å². The fraction of sp³-hybridized carbons (Fsp3) is 0.154. The highest BCUT2D eigenvalue weighted by Crippen LogP contribution is 2.17. The van der Waals surface area contributed by atoms with E-state index in [1.807, 2.05) is 0 Å². The molecule has 1 heterocycles. The second kappa shape index (κ2) is 5.90. The third-order valence-electron chi connectivity index (χ3n) is 2.39. The minimum Gasteiger partial charge on any atom is -0.336 e. The zero-order valence-corrected chi connectivity index (χ0v) is 10.4. The standard InChI is InChI=1S/C13H13FN4O/c1-2-13(19)16-12-8-7-11(17-18-12)15-10-6-4-3-5-9(10)14/h3-8H,2H2,1H3,(H,15,17)(H,16,18,19). The Morgan fingerprint density at radius 1 is 1.16 bits per heavy atom. The lowest BCUT2D eigenvalue weighted by molar-refractivity contribution is -0.115. The molecule has 0 spiro atoms. The Morgan fingerprint density at radius 2 is 1.84 bits per heavy atom. The largest absolute Gasteiger partial charge is 0.336 e. The van der Waals surface area contributed by atoms with Crippen LogP contribution in [0.4, 0.5) is 21.7 Å². The van der Waals surface area contributed by atoms with Crippen molar-refractivity contribution in [1.29, 1.82) is 0 Å². The first-order chi connectivity index (χ1) is 9.19. The zero-order valence-electron chi connectivity index (χ0n) is 10.4. The van der Waals surface area contributed by atoms with Gasteiger partial charge in [-0.05, 0) is 24.3 Å². The number of hydrogen-bond donors (Lipinski definition) is 2. The number of halogens is 1. The first kappa shape index (κ1) is 12.9. The number of nitrogens with one attached hydrogen (secondary N) is 2. The van der Waals surface area contributed by atoms with Crippen molar-refractivity contribution >= 4 is 23.2 Å². The van der Waals surface area contributed by atoms with Crippen molar-refractivity contribution in [2.45, 2.75) is 13.3 Å². The summed E-state index contributed by atoms with van der Waals surface area (Å²) in [5.74, 6) is 0.266. The molecule has 0 aliphatic carbocycles. The molecule has 0 fully saturated rings. The molecule has 0 bridgehead atoms. The van der Waals surface area contributed by atoms with Gasteiger partial charge in [0.2, 0.25) is 5.91 Å². The second-order valence-corrected chi connectivity index (χ2v) is 3.81. The maximum Gasteiger partial charge on any atom is 0.225 e. The molecule has 2 rings (SSSR count). The Bertz CT molecular complexity index is 571. The van der Waals surface area contributed by atoms with Gasteiger partial charge in [-0.1, -0.05) is 19.1 Å². The highest BCUT2D eigenvalue weighted by atomic mass is 19.1. The third kappa shape index (κ3) is 3.48. The van der Waals surface area contributed by atoms with Crippen LogP contribution in [0.5, 0.6) is 0 Å². The number of nitrogens with zero attached hydrogens (tertiary/aromatic N) is 2. The molecule has 98 valence electrons. The van der Waals surface area contributed by atoms with Gasteiger partial charge in [0.25, 0.3) is 0 Å². The van der Waals surface area contributed by atoms with Crippen molar-refractivity contribution < 1.29 is 9.18 Å². The quantitative estimate of drug-likeness (QED) is 0.887. The van der Waals surface area contributed by atoms with Crippen molar-refractivity contribution in [3.05, 3.63) is 42.2 Å². The lowest BCUT2D eigenvalue weighted by atomic mass is 10.3. The van der Waals surface area contributed by atoms with E-state index in [0.29, 0.717) is 23.7 Å². The van der Waals surface area contributed by atoms with E-state index in [-0.39, 0.29) is 11.7 Å². The molecule has 0 aliphatic heterocycles. The van der Waals surface area contributed by atoms with Crippen LogP contribution in [-0.4, -0.2) is 16.1 Å². The number of amides is 1. The Morgan fingerprint density at radius 3 is 2.47 bits per heavy atom.